The normalized spacial score (nSPS) is 13.1. The number of fused-ring (bicyclic) bond motifs is 12. The van der Waals surface area contributed by atoms with Crippen LogP contribution in [0.5, 0.6) is 0 Å². The summed E-state index contributed by atoms with van der Waals surface area (Å²) < 4.78 is 0. The summed E-state index contributed by atoms with van der Waals surface area (Å²) in [6.45, 7) is 4.37. The largest absolute Gasteiger partial charge is 0.228 e. The molecule has 12 rings (SSSR count). The Labute approximate surface area is 344 Å². The third kappa shape index (κ3) is 4.98. The molecule has 0 radical (unpaired) electrons. The summed E-state index contributed by atoms with van der Waals surface area (Å²) >= 11 is 0. The first-order chi connectivity index (χ1) is 29.1. The standard InChI is InChI=1S/C56H38N2Si/c1-35-20-26-40(27-21-35)59(41-28-22-36(2)23-29-41)52-19-11-10-18-46(52)50-33-48-44-17-9-8-16-43(44)47-32-39(24-30-45(47)49(48)34-53(50)59)56-57-51-31-25-37-12-6-7-15-42(37)54(51)55(58-56)38-13-4-3-5-14-38/h3-34H,1-2H3. The molecular formula is C56H38N2Si. The summed E-state index contributed by atoms with van der Waals surface area (Å²) in [5.74, 6) is 0.729. The fourth-order valence-corrected chi connectivity index (χ4v) is 15.2. The first kappa shape index (κ1) is 33.9. The van der Waals surface area contributed by atoms with Crippen LogP contribution in [-0.2, 0) is 0 Å². The molecule has 0 saturated carbocycles. The summed E-state index contributed by atoms with van der Waals surface area (Å²) in [6, 6.07) is 72.3. The topological polar surface area (TPSA) is 25.8 Å². The fourth-order valence-electron chi connectivity index (χ4n) is 10.1. The minimum atomic E-state index is -2.71. The Morgan fingerprint density at radius 2 is 0.966 bits per heavy atom. The van der Waals surface area contributed by atoms with Crippen LogP contribution in [0.2, 0.25) is 0 Å². The molecule has 1 aliphatic rings. The average molecular weight is 767 g/mol. The number of hydrogen-bond acceptors (Lipinski definition) is 2. The smallest absolute Gasteiger partial charge is 0.180 e. The van der Waals surface area contributed by atoms with Crippen molar-refractivity contribution in [3.63, 3.8) is 0 Å². The lowest BCUT2D eigenvalue weighted by atomic mass is 9.91. The molecule has 0 fully saturated rings. The second kappa shape index (κ2) is 12.9. The van der Waals surface area contributed by atoms with Crippen molar-refractivity contribution in [3.8, 4) is 33.8 Å². The van der Waals surface area contributed by atoms with E-state index in [9.17, 15) is 0 Å². The van der Waals surface area contributed by atoms with Gasteiger partial charge in [0.15, 0.2) is 13.9 Å². The molecule has 10 aromatic carbocycles. The molecule has 1 aliphatic heterocycles. The molecule has 3 heteroatoms. The highest BCUT2D eigenvalue weighted by atomic mass is 28.3. The van der Waals surface area contributed by atoms with E-state index in [2.05, 4.69) is 208 Å². The second-order valence-corrected chi connectivity index (χ2v) is 20.0. The van der Waals surface area contributed by atoms with Crippen molar-refractivity contribution in [2.45, 2.75) is 13.8 Å². The molecule has 0 atom stereocenters. The number of nitrogens with zero attached hydrogens (tertiary/aromatic N) is 2. The molecule has 0 saturated heterocycles. The lowest BCUT2D eigenvalue weighted by Gasteiger charge is -2.32. The monoisotopic (exact) mass is 766 g/mol. The van der Waals surface area contributed by atoms with Crippen molar-refractivity contribution >= 4 is 82.8 Å². The van der Waals surface area contributed by atoms with Gasteiger partial charge in [0.05, 0.1) is 11.2 Å². The minimum absolute atomic E-state index is 0.729. The molecule has 0 spiro atoms. The Hall–Kier alpha value is -7.20. The van der Waals surface area contributed by atoms with Gasteiger partial charge in [0.2, 0.25) is 0 Å². The molecule has 0 aliphatic carbocycles. The molecular weight excluding hydrogens is 729 g/mol. The van der Waals surface area contributed by atoms with Crippen LogP contribution in [0, 0.1) is 13.8 Å². The lowest BCUT2D eigenvalue weighted by molar-refractivity contribution is 1.23. The number of aryl methyl sites for hydroxylation is 2. The quantitative estimate of drug-likeness (QED) is 0.132. The zero-order valence-corrected chi connectivity index (χ0v) is 33.9. The number of benzene rings is 10. The van der Waals surface area contributed by atoms with Gasteiger partial charge < -0.3 is 0 Å². The van der Waals surface area contributed by atoms with E-state index in [1.165, 1.54) is 80.7 Å². The van der Waals surface area contributed by atoms with Gasteiger partial charge in [-0.3, -0.25) is 0 Å². The van der Waals surface area contributed by atoms with E-state index in [1.807, 2.05) is 0 Å². The second-order valence-electron chi connectivity index (χ2n) is 16.2. The third-order valence-electron chi connectivity index (χ3n) is 12.9. The predicted molar refractivity (Wildman–Crippen MR) is 253 cm³/mol. The van der Waals surface area contributed by atoms with Gasteiger partial charge >= 0.3 is 0 Å². The van der Waals surface area contributed by atoms with E-state index in [-0.39, 0.29) is 0 Å². The maximum atomic E-state index is 5.40. The molecule has 59 heavy (non-hydrogen) atoms. The third-order valence-corrected chi connectivity index (χ3v) is 17.7. The van der Waals surface area contributed by atoms with Gasteiger partial charge in [-0.05, 0) is 107 Å². The van der Waals surface area contributed by atoms with E-state index in [1.54, 1.807) is 0 Å². The van der Waals surface area contributed by atoms with Gasteiger partial charge in [0, 0.05) is 16.5 Å². The van der Waals surface area contributed by atoms with Gasteiger partial charge in [-0.2, -0.15) is 0 Å². The van der Waals surface area contributed by atoms with E-state index in [4.69, 9.17) is 9.97 Å². The first-order valence-corrected chi connectivity index (χ1v) is 22.5. The summed E-state index contributed by atoms with van der Waals surface area (Å²) in [5, 5.41) is 16.7. The number of rotatable bonds is 4. The summed E-state index contributed by atoms with van der Waals surface area (Å²) in [6.07, 6.45) is 0. The molecule has 2 heterocycles. The Bertz CT molecular complexity index is 3450. The van der Waals surface area contributed by atoms with Crippen molar-refractivity contribution in [3.05, 3.63) is 205 Å². The van der Waals surface area contributed by atoms with Crippen molar-refractivity contribution < 1.29 is 0 Å². The average Bonchev–Trinajstić information content (AvgIpc) is 3.58. The van der Waals surface area contributed by atoms with Gasteiger partial charge in [0.1, 0.15) is 0 Å². The van der Waals surface area contributed by atoms with Gasteiger partial charge in [-0.1, -0.05) is 187 Å². The maximum absolute atomic E-state index is 5.40. The van der Waals surface area contributed by atoms with Gasteiger partial charge in [-0.15, -0.1) is 0 Å². The summed E-state index contributed by atoms with van der Waals surface area (Å²) in [7, 11) is -2.71. The SMILES string of the molecule is Cc1ccc([Si]2(c3ccc(C)cc3)c3ccccc3-c3cc4c5ccccc5c5cc(-c6nc(-c7ccccc7)c7c(ccc8ccccc87)n6)ccc5c4cc32)cc1. The van der Waals surface area contributed by atoms with Crippen molar-refractivity contribution in [1.29, 1.82) is 0 Å². The van der Waals surface area contributed by atoms with Crippen LogP contribution in [0.1, 0.15) is 11.1 Å². The molecule has 0 bridgehead atoms. The van der Waals surface area contributed by atoms with Crippen molar-refractivity contribution in [1.82, 2.24) is 9.97 Å². The molecule has 1 aromatic heterocycles. The Morgan fingerprint density at radius 1 is 0.373 bits per heavy atom. The minimum Gasteiger partial charge on any atom is -0.228 e. The summed E-state index contributed by atoms with van der Waals surface area (Å²) in [5.41, 5.74) is 9.25. The van der Waals surface area contributed by atoms with E-state index >= 15 is 0 Å². The summed E-state index contributed by atoms with van der Waals surface area (Å²) in [4.78, 5) is 10.7. The van der Waals surface area contributed by atoms with Crippen molar-refractivity contribution in [2.75, 3.05) is 0 Å². The zero-order valence-electron chi connectivity index (χ0n) is 32.9. The Balaban J connectivity index is 1.15. The van der Waals surface area contributed by atoms with Crippen LogP contribution in [0.3, 0.4) is 0 Å². The number of hydrogen-bond donors (Lipinski definition) is 0. The molecule has 0 amide bonds. The highest BCUT2D eigenvalue weighted by molar-refractivity contribution is 7.22. The highest BCUT2D eigenvalue weighted by Gasteiger charge is 2.48. The zero-order chi connectivity index (χ0) is 39.2. The van der Waals surface area contributed by atoms with Crippen molar-refractivity contribution in [2.24, 2.45) is 0 Å². The van der Waals surface area contributed by atoms with Crippen LogP contribution in [0.25, 0.3) is 87.8 Å². The van der Waals surface area contributed by atoms with Crippen LogP contribution in [0.15, 0.2) is 194 Å². The molecule has 11 aromatic rings. The maximum Gasteiger partial charge on any atom is 0.180 e. The van der Waals surface area contributed by atoms with E-state index in [0.29, 0.717) is 0 Å². The molecule has 0 N–H and O–H groups in total. The molecule has 0 unspecified atom stereocenters. The molecule has 2 nitrogen and oxygen atoms in total. The first-order valence-electron chi connectivity index (χ1n) is 20.5. The Morgan fingerprint density at radius 3 is 1.69 bits per heavy atom. The van der Waals surface area contributed by atoms with Crippen LogP contribution in [-0.4, -0.2) is 18.0 Å². The van der Waals surface area contributed by atoms with Gasteiger partial charge in [0.25, 0.3) is 0 Å². The molecule has 276 valence electrons. The fraction of sp³-hybridized carbons (Fsp3) is 0.0357. The van der Waals surface area contributed by atoms with Crippen LogP contribution in [0.4, 0.5) is 0 Å². The van der Waals surface area contributed by atoms with Crippen LogP contribution < -0.4 is 20.7 Å². The highest BCUT2D eigenvalue weighted by Crippen LogP contribution is 2.41. The van der Waals surface area contributed by atoms with E-state index in [0.717, 1.165) is 38.9 Å². The lowest BCUT2D eigenvalue weighted by Crippen LogP contribution is -2.72. The van der Waals surface area contributed by atoms with E-state index < -0.39 is 8.07 Å². The Kier molecular flexibility index (Phi) is 7.41. The van der Waals surface area contributed by atoms with Crippen LogP contribution >= 0.6 is 0 Å². The van der Waals surface area contributed by atoms with Gasteiger partial charge in [-0.25, -0.2) is 9.97 Å². The number of aromatic nitrogens is 2. The predicted octanol–water partition coefficient (Wildman–Crippen LogP) is 11.6.